The number of nitrogens with zero attached hydrogens (tertiary/aromatic N) is 2. The highest BCUT2D eigenvalue weighted by Gasteiger charge is 2.40. The van der Waals surface area contributed by atoms with Crippen LogP contribution in [0.5, 0.6) is 0 Å². The van der Waals surface area contributed by atoms with Crippen LogP contribution in [0.3, 0.4) is 0 Å². The van der Waals surface area contributed by atoms with Crippen LogP contribution in [0.2, 0.25) is 0 Å². The molecule has 39 heavy (non-hydrogen) atoms. The molecule has 4 rings (SSSR count). The van der Waals surface area contributed by atoms with Gasteiger partial charge in [-0.2, -0.15) is 17.6 Å². The molecule has 0 radical (unpaired) electrons. The number of halogens is 4. The number of pyridine rings is 1. The van der Waals surface area contributed by atoms with Crippen LogP contribution in [-0.4, -0.2) is 15.9 Å². The van der Waals surface area contributed by atoms with Gasteiger partial charge < -0.3 is 10.6 Å². The van der Waals surface area contributed by atoms with E-state index in [4.69, 9.17) is 0 Å². The van der Waals surface area contributed by atoms with Gasteiger partial charge in [0.05, 0.1) is 16.2 Å². The number of urea groups is 1. The number of hydrogen-bond donors (Lipinski definition) is 2. The fraction of sp³-hybridized carbons (Fsp3) is 0.143. The smallest absolute Gasteiger partial charge is 0.322 e. The van der Waals surface area contributed by atoms with Crippen LogP contribution >= 0.6 is 0 Å². The van der Waals surface area contributed by atoms with Crippen molar-refractivity contribution in [3.05, 3.63) is 135 Å². The fourth-order valence-corrected chi connectivity index (χ4v) is 4.25. The number of amides is 2. The number of hydrogen-bond acceptors (Lipinski definition) is 4. The Hall–Kier alpha value is -4.80. The first kappa shape index (κ1) is 27.2. The van der Waals surface area contributed by atoms with Crippen molar-refractivity contribution in [1.29, 1.82) is 0 Å². The predicted octanol–water partition coefficient (Wildman–Crippen LogP) is 6.76. The van der Waals surface area contributed by atoms with Crippen LogP contribution in [0, 0.1) is 22.9 Å². The van der Waals surface area contributed by atoms with Crippen molar-refractivity contribution in [1.82, 2.24) is 10.3 Å². The number of nitro benzene ring substituents is 1. The van der Waals surface area contributed by atoms with Crippen LogP contribution in [-0.2, 0) is 18.1 Å². The molecule has 0 saturated carbocycles. The van der Waals surface area contributed by atoms with E-state index in [-0.39, 0.29) is 23.4 Å². The monoisotopic (exact) mass is 538 g/mol. The number of aromatic nitrogens is 1. The largest absolute Gasteiger partial charge is 0.416 e. The van der Waals surface area contributed by atoms with Gasteiger partial charge in [0.25, 0.3) is 0 Å². The maximum Gasteiger partial charge on any atom is 0.416 e. The molecule has 3 aromatic carbocycles. The molecule has 0 aliphatic heterocycles. The summed E-state index contributed by atoms with van der Waals surface area (Å²) in [6.07, 6.45) is -4.63. The Morgan fingerprint density at radius 1 is 0.923 bits per heavy atom. The molecule has 11 heteroatoms. The van der Waals surface area contributed by atoms with Crippen molar-refractivity contribution in [2.45, 2.75) is 25.1 Å². The Morgan fingerprint density at radius 2 is 1.62 bits per heavy atom. The normalized spacial score (nSPS) is 12.8. The predicted molar refractivity (Wildman–Crippen MR) is 137 cm³/mol. The maximum atomic E-state index is 13.8. The summed E-state index contributed by atoms with van der Waals surface area (Å²) < 4.78 is 55.0. The number of benzene rings is 3. The van der Waals surface area contributed by atoms with E-state index in [1.807, 2.05) is 0 Å². The van der Waals surface area contributed by atoms with Crippen molar-refractivity contribution in [2.75, 3.05) is 5.32 Å². The first-order valence-electron chi connectivity index (χ1n) is 11.7. The molecule has 1 heterocycles. The molecule has 0 saturated heterocycles. The molecular weight excluding hydrogens is 516 g/mol. The lowest BCUT2D eigenvalue weighted by Crippen LogP contribution is -2.50. The first-order chi connectivity index (χ1) is 18.5. The molecule has 1 atom stereocenters. The third-order valence-electron chi connectivity index (χ3n) is 6.05. The quantitative estimate of drug-likeness (QED) is 0.154. The standard InChI is InChI=1S/C28H22F4N4O3/c1-18-7-5-12-25(33-18)27(17-19-8-3-2-4-9-19,20-10-6-11-21(15-20)28(30,31)32)35-26(37)34-22-13-14-23(29)24(16-22)36(38)39/h2-16H,17H2,1H3,(H2,34,35,37). The van der Waals surface area contributed by atoms with E-state index in [1.165, 1.54) is 12.1 Å². The Balaban J connectivity index is 1.86. The Morgan fingerprint density at radius 3 is 2.28 bits per heavy atom. The van der Waals surface area contributed by atoms with Crippen LogP contribution in [0.15, 0.2) is 91.0 Å². The number of aryl methyl sites for hydroxylation is 1. The molecule has 1 unspecified atom stereocenters. The summed E-state index contributed by atoms with van der Waals surface area (Å²) in [5.41, 5.74) is -1.82. The van der Waals surface area contributed by atoms with E-state index < -0.39 is 39.7 Å². The molecule has 0 aliphatic rings. The van der Waals surface area contributed by atoms with Gasteiger partial charge in [-0.05, 0) is 54.4 Å². The van der Waals surface area contributed by atoms with Gasteiger partial charge in [-0.25, -0.2) is 4.79 Å². The van der Waals surface area contributed by atoms with E-state index in [9.17, 15) is 32.5 Å². The van der Waals surface area contributed by atoms with E-state index in [0.29, 0.717) is 11.3 Å². The molecule has 7 nitrogen and oxygen atoms in total. The Labute approximate surface area is 220 Å². The van der Waals surface area contributed by atoms with E-state index in [1.54, 1.807) is 55.5 Å². The first-order valence-corrected chi connectivity index (χ1v) is 11.7. The van der Waals surface area contributed by atoms with Gasteiger partial charge in [0.1, 0.15) is 5.54 Å². The molecule has 4 aromatic rings. The Bertz CT molecular complexity index is 1510. The summed E-state index contributed by atoms with van der Waals surface area (Å²) in [6, 6.07) is 20.3. The van der Waals surface area contributed by atoms with Crippen molar-refractivity contribution < 1.29 is 27.3 Å². The minimum absolute atomic E-state index is 0.0165. The molecule has 0 bridgehead atoms. The summed E-state index contributed by atoms with van der Waals surface area (Å²) in [5.74, 6) is -1.09. The zero-order valence-electron chi connectivity index (χ0n) is 20.5. The van der Waals surface area contributed by atoms with Crippen LogP contribution in [0.4, 0.5) is 33.7 Å². The lowest BCUT2D eigenvalue weighted by molar-refractivity contribution is -0.387. The molecule has 1 aromatic heterocycles. The SMILES string of the molecule is Cc1cccc(C(Cc2ccccc2)(NC(=O)Nc2ccc(F)c([N+](=O)[O-])c2)c2cccc(C(F)(F)F)c2)n1. The molecular formula is C28H22F4N4O3. The second-order valence-electron chi connectivity index (χ2n) is 8.81. The van der Waals surface area contributed by atoms with Crippen LogP contribution in [0.1, 0.15) is 28.1 Å². The zero-order valence-corrected chi connectivity index (χ0v) is 20.5. The number of anilines is 1. The molecule has 0 aliphatic carbocycles. The van der Waals surface area contributed by atoms with Gasteiger partial charge in [-0.15, -0.1) is 0 Å². The number of nitrogens with one attached hydrogen (secondary N) is 2. The van der Waals surface area contributed by atoms with Crippen LogP contribution in [0.25, 0.3) is 0 Å². The second kappa shape index (κ2) is 10.9. The minimum Gasteiger partial charge on any atom is -0.322 e. The number of alkyl halides is 3. The van der Waals surface area contributed by atoms with E-state index in [0.717, 1.165) is 30.3 Å². The number of rotatable bonds is 7. The highest BCUT2D eigenvalue weighted by Crippen LogP contribution is 2.37. The number of carbonyl (C=O) groups is 1. The number of carbonyl (C=O) groups excluding carboxylic acids is 1. The highest BCUT2D eigenvalue weighted by atomic mass is 19.4. The average Bonchev–Trinajstić information content (AvgIpc) is 2.89. The molecule has 0 spiro atoms. The van der Waals surface area contributed by atoms with Crippen molar-refractivity contribution in [3.63, 3.8) is 0 Å². The third kappa shape index (κ3) is 6.20. The van der Waals surface area contributed by atoms with Crippen molar-refractivity contribution >= 4 is 17.4 Å². The third-order valence-corrected chi connectivity index (χ3v) is 6.05. The number of nitro groups is 1. The summed E-state index contributed by atoms with van der Waals surface area (Å²) in [5, 5.41) is 16.4. The highest BCUT2D eigenvalue weighted by molar-refractivity contribution is 5.90. The minimum atomic E-state index is -4.65. The molecule has 2 N–H and O–H groups in total. The lowest BCUT2D eigenvalue weighted by Gasteiger charge is -2.36. The molecule has 200 valence electrons. The summed E-state index contributed by atoms with van der Waals surface area (Å²) in [7, 11) is 0. The van der Waals surface area contributed by atoms with Gasteiger partial charge in [0, 0.05) is 23.9 Å². The zero-order chi connectivity index (χ0) is 28.2. The van der Waals surface area contributed by atoms with Gasteiger partial charge in [-0.3, -0.25) is 15.1 Å². The summed E-state index contributed by atoms with van der Waals surface area (Å²) in [4.78, 5) is 28.1. The van der Waals surface area contributed by atoms with Crippen LogP contribution < -0.4 is 10.6 Å². The summed E-state index contributed by atoms with van der Waals surface area (Å²) >= 11 is 0. The fourth-order valence-electron chi connectivity index (χ4n) is 4.25. The van der Waals surface area contributed by atoms with Gasteiger partial charge >= 0.3 is 17.9 Å². The topological polar surface area (TPSA) is 97.2 Å². The Kier molecular flexibility index (Phi) is 7.61. The van der Waals surface area contributed by atoms with E-state index in [2.05, 4.69) is 15.6 Å². The van der Waals surface area contributed by atoms with Gasteiger partial charge in [0.15, 0.2) is 0 Å². The summed E-state index contributed by atoms with van der Waals surface area (Å²) in [6.45, 7) is 1.71. The molecule has 2 amide bonds. The second-order valence-corrected chi connectivity index (χ2v) is 8.81. The lowest BCUT2D eigenvalue weighted by atomic mass is 9.80. The van der Waals surface area contributed by atoms with Gasteiger partial charge in [0.2, 0.25) is 5.82 Å². The van der Waals surface area contributed by atoms with Crippen molar-refractivity contribution in [3.8, 4) is 0 Å². The molecule has 0 fully saturated rings. The van der Waals surface area contributed by atoms with Crippen molar-refractivity contribution in [2.24, 2.45) is 0 Å². The maximum absolute atomic E-state index is 13.8. The van der Waals surface area contributed by atoms with Gasteiger partial charge in [-0.1, -0.05) is 48.5 Å². The van der Waals surface area contributed by atoms with E-state index >= 15 is 0 Å². The average molecular weight is 539 g/mol.